The summed E-state index contributed by atoms with van der Waals surface area (Å²) in [6, 6.07) is 8.18. The van der Waals surface area contributed by atoms with Gasteiger partial charge >= 0.3 is 0 Å². The molecule has 2 fully saturated rings. The summed E-state index contributed by atoms with van der Waals surface area (Å²) in [5.74, 6) is 0.539. The monoisotopic (exact) mass is 381 g/mol. The van der Waals surface area contributed by atoms with Crippen molar-refractivity contribution in [2.24, 2.45) is 13.0 Å². The molecule has 0 amide bonds. The van der Waals surface area contributed by atoms with E-state index < -0.39 is 12.2 Å². The van der Waals surface area contributed by atoms with Gasteiger partial charge in [0.05, 0.1) is 17.9 Å². The van der Waals surface area contributed by atoms with Gasteiger partial charge in [-0.3, -0.25) is 4.68 Å². The van der Waals surface area contributed by atoms with Crippen LogP contribution in [0.3, 0.4) is 0 Å². The van der Waals surface area contributed by atoms with Crippen LogP contribution in [0, 0.1) is 5.92 Å². The SMILES string of the molecule is Cn1cc(CN[C@@H]2C[C@H](Cn3cc(C4CC4)nn3)[C@@H](O)[C@H]2O)c2ccccc21. The fraction of sp³-hybridized carbons (Fsp3) is 0.524. The number of hydrogen-bond donors (Lipinski definition) is 3. The molecular weight excluding hydrogens is 354 g/mol. The summed E-state index contributed by atoms with van der Waals surface area (Å²) in [5.41, 5.74) is 3.45. The molecule has 2 aromatic heterocycles. The van der Waals surface area contributed by atoms with Crippen LogP contribution in [0.2, 0.25) is 0 Å². The molecule has 2 aliphatic rings. The van der Waals surface area contributed by atoms with Gasteiger partial charge in [-0.2, -0.15) is 0 Å². The molecule has 2 aliphatic carbocycles. The molecule has 4 atom stereocenters. The summed E-state index contributed by atoms with van der Waals surface area (Å²) >= 11 is 0. The molecule has 0 unspecified atom stereocenters. The quantitative estimate of drug-likeness (QED) is 0.603. The summed E-state index contributed by atoms with van der Waals surface area (Å²) < 4.78 is 3.94. The lowest BCUT2D eigenvalue weighted by molar-refractivity contribution is 0.00723. The molecule has 0 bridgehead atoms. The van der Waals surface area contributed by atoms with Crippen LogP contribution >= 0.6 is 0 Å². The van der Waals surface area contributed by atoms with Crippen molar-refractivity contribution >= 4 is 10.9 Å². The number of aliphatic hydroxyl groups excluding tert-OH is 2. The van der Waals surface area contributed by atoms with E-state index in [0.717, 1.165) is 5.69 Å². The summed E-state index contributed by atoms with van der Waals surface area (Å²) in [5, 5.41) is 34.2. The molecule has 7 heteroatoms. The van der Waals surface area contributed by atoms with Crippen molar-refractivity contribution in [1.82, 2.24) is 24.9 Å². The zero-order chi connectivity index (χ0) is 19.3. The number of aliphatic hydroxyl groups is 2. The Morgan fingerprint density at radius 3 is 2.79 bits per heavy atom. The lowest BCUT2D eigenvalue weighted by atomic mass is 10.1. The lowest BCUT2D eigenvalue weighted by Gasteiger charge is -2.18. The molecule has 2 saturated carbocycles. The highest BCUT2D eigenvalue weighted by Crippen LogP contribution is 2.38. The van der Waals surface area contributed by atoms with E-state index in [9.17, 15) is 10.2 Å². The summed E-state index contributed by atoms with van der Waals surface area (Å²) in [7, 11) is 2.05. The summed E-state index contributed by atoms with van der Waals surface area (Å²) in [4.78, 5) is 0. The Balaban J connectivity index is 1.24. The molecule has 1 aromatic carbocycles. The summed E-state index contributed by atoms with van der Waals surface area (Å²) in [6.07, 6.45) is 5.71. The molecular formula is C21H27N5O2. The van der Waals surface area contributed by atoms with Gasteiger partial charge in [0.25, 0.3) is 0 Å². The van der Waals surface area contributed by atoms with Crippen molar-refractivity contribution in [3.8, 4) is 0 Å². The van der Waals surface area contributed by atoms with Gasteiger partial charge in [-0.1, -0.05) is 23.4 Å². The Kier molecular flexibility index (Phi) is 4.45. The van der Waals surface area contributed by atoms with Crippen LogP contribution in [0.1, 0.15) is 36.4 Å². The topological polar surface area (TPSA) is 88.1 Å². The number of fused-ring (bicyclic) bond motifs is 1. The normalized spacial score (nSPS) is 27.7. The smallest absolute Gasteiger partial charge is 0.0955 e. The Morgan fingerprint density at radius 1 is 1.14 bits per heavy atom. The maximum absolute atomic E-state index is 10.5. The van der Waals surface area contributed by atoms with E-state index in [0.29, 0.717) is 25.4 Å². The second kappa shape index (κ2) is 6.99. The van der Waals surface area contributed by atoms with Crippen molar-refractivity contribution in [3.05, 3.63) is 47.9 Å². The number of aryl methyl sites for hydroxylation is 1. The Labute approximate surface area is 164 Å². The molecule has 0 radical (unpaired) electrons. The largest absolute Gasteiger partial charge is 0.390 e. The van der Waals surface area contributed by atoms with E-state index in [1.54, 1.807) is 0 Å². The van der Waals surface area contributed by atoms with E-state index in [2.05, 4.69) is 38.5 Å². The standard InChI is InChI=1S/C21H27N5O2/c1-25-10-15(16-4-2-3-5-19(16)25)9-22-17-8-14(20(27)21(17)28)11-26-12-18(23-24-26)13-6-7-13/h2-5,10,12-14,17,20-22,27-28H,6-9,11H2,1H3/t14-,17-,20-,21+/m1/s1. The predicted octanol–water partition coefficient (Wildman–Crippen LogP) is 1.55. The molecule has 3 aromatic rings. The van der Waals surface area contributed by atoms with E-state index in [4.69, 9.17) is 0 Å². The van der Waals surface area contributed by atoms with Crippen molar-refractivity contribution in [2.75, 3.05) is 0 Å². The van der Waals surface area contributed by atoms with Crippen molar-refractivity contribution < 1.29 is 10.2 Å². The Morgan fingerprint density at radius 2 is 1.96 bits per heavy atom. The molecule has 7 nitrogen and oxygen atoms in total. The van der Waals surface area contributed by atoms with E-state index in [-0.39, 0.29) is 12.0 Å². The zero-order valence-electron chi connectivity index (χ0n) is 16.1. The highest BCUT2D eigenvalue weighted by molar-refractivity contribution is 5.83. The highest BCUT2D eigenvalue weighted by atomic mass is 16.3. The number of nitrogens with one attached hydrogen (secondary N) is 1. The molecule has 5 rings (SSSR count). The first-order valence-electron chi connectivity index (χ1n) is 10.1. The van der Waals surface area contributed by atoms with Crippen LogP contribution in [-0.2, 0) is 20.1 Å². The van der Waals surface area contributed by atoms with Gasteiger partial charge in [0.1, 0.15) is 0 Å². The minimum absolute atomic E-state index is 0.0335. The molecule has 2 heterocycles. The van der Waals surface area contributed by atoms with Gasteiger partial charge < -0.3 is 20.1 Å². The minimum Gasteiger partial charge on any atom is -0.390 e. The minimum atomic E-state index is -0.772. The third kappa shape index (κ3) is 3.23. The highest BCUT2D eigenvalue weighted by Gasteiger charge is 2.41. The van der Waals surface area contributed by atoms with Crippen LogP contribution < -0.4 is 5.32 Å². The summed E-state index contributed by atoms with van der Waals surface area (Å²) in [6.45, 7) is 1.25. The zero-order valence-corrected chi connectivity index (χ0v) is 16.1. The average Bonchev–Trinajstić information content (AvgIpc) is 3.29. The van der Waals surface area contributed by atoms with E-state index in [1.807, 2.05) is 30.1 Å². The van der Waals surface area contributed by atoms with Crippen LogP contribution in [0.5, 0.6) is 0 Å². The first-order valence-corrected chi connectivity index (χ1v) is 10.1. The van der Waals surface area contributed by atoms with Gasteiger partial charge in [0, 0.05) is 61.3 Å². The first-order chi connectivity index (χ1) is 13.6. The second-order valence-electron chi connectivity index (χ2n) is 8.39. The molecule has 0 spiro atoms. The first kappa shape index (κ1) is 17.8. The molecule has 28 heavy (non-hydrogen) atoms. The Bertz CT molecular complexity index is 976. The second-order valence-corrected chi connectivity index (χ2v) is 8.39. The van der Waals surface area contributed by atoms with Crippen molar-refractivity contribution in [3.63, 3.8) is 0 Å². The number of rotatable bonds is 6. The van der Waals surface area contributed by atoms with Crippen LogP contribution in [0.15, 0.2) is 36.7 Å². The van der Waals surface area contributed by atoms with Gasteiger partial charge in [-0.05, 0) is 30.9 Å². The van der Waals surface area contributed by atoms with Gasteiger partial charge in [0.15, 0.2) is 0 Å². The van der Waals surface area contributed by atoms with Crippen LogP contribution in [0.4, 0.5) is 0 Å². The number of hydrogen-bond acceptors (Lipinski definition) is 5. The average molecular weight is 381 g/mol. The van der Waals surface area contributed by atoms with Crippen molar-refractivity contribution in [1.29, 1.82) is 0 Å². The van der Waals surface area contributed by atoms with Crippen molar-refractivity contribution in [2.45, 2.75) is 56.5 Å². The maximum Gasteiger partial charge on any atom is 0.0955 e. The third-order valence-corrected chi connectivity index (χ3v) is 6.31. The third-order valence-electron chi connectivity index (χ3n) is 6.31. The molecule has 0 saturated heterocycles. The van der Waals surface area contributed by atoms with Crippen LogP contribution in [-0.4, -0.2) is 48.0 Å². The number of benzene rings is 1. The van der Waals surface area contributed by atoms with E-state index in [1.165, 1.54) is 29.3 Å². The number of para-hydroxylation sites is 1. The molecule has 3 N–H and O–H groups in total. The van der Waals surface area contributed by atoms with Gasteiger partial charge in [0.2, 0.25) is 0 Å². The Hall–Kier alpha value is -2.22. The number of nitrogens with zero attached hydrogens (tertiary/aromatic N) is 4. The fourth-order valence-electron chi connectivity index (χ4n) is 4.53. The maximum atomic E-state index is 10.5. The molecule has 0 aliphatic heterocycles. The van der Waals surface area contributed by atoms with Gasteiger partial charge in [-0.25, -0.2) is 0 Å². The fourth-order valence-corrected chi connectivity index (χ4v) is 4.53. The van der Waals surface area contributed by atoms with E-state index >= 15 is 0 Å². The number of aromatic nitrogens is 4. The molecule has 148 valence electrons. The van der Waals surface area contributed by atoms with Crippen LogP contribution in [0.25, 0.3) is 10.9 Å². The predicted molar refractivity (Wildman–Crippen MR) is 106 cm³/mol. The van der Waals surface area contributed by atoms with Gasteiger partial charge in [-0.15, -0.1) is 5.10 Å². The lowest BCUT2D eigenvalue weighted by Crippen LogP contribution is -2.39.